The molecule has 0 aromatic heterocycles. The van der Waals surface area contributed by atoms with Gasteiger partial charge in [0.1, 0.15) is 0 Å². The first kappa shape index (κ1) is 11.5. The Kier molecular flexibility index (Phi) is 3.68. The van der Waals surface area contributed by atoms with Gasteiger partial charge in [0.2, 0.25) is 0 Å². The molecule has 0 spiro atoms. The van der Waals surface area contributed by atoms with Gasteiger partial charge in [0.05, 0.1) is 11.6 Å². The van der Waals surface area contributed by atoms with Crippen molar-refractivity contribution in [1.29, 1.82) is 5.26 Å². The van der Waals surface area contributed by atoms with Crippen LogP contribution in [0.4, 0.5) is 0 Å². The van der Waals surface area contributed by atoms with Gasteiger partial charge in [0.15, 0.2) is 0 Å². The van der Waals surface area contributed by atoms with Crippen molar-refractivity contribution in [3.8, 4) is 6.07 Å². The second-order valence-corrected chi connectivity index (χ2v) is 4.13. The van der Waals surface area contributed by atoms with Gasteiger partial charge in [-0.15, -0.1) is 6.58 Å². The van der Waals surface area contributed by atoms with Crippen molar-refractivity contribution in [3.63, 3.8) is 0 Å². The van der Waals surface area contributed by atoms with E-state index in [4.69, 9.17) is 5.26 Å². The number of hydrogen-bond acceptors (Lipinski definition) is 1. The molecule has 0 aliphatic heterocycles. The zero-order chi connectivity index (χ0) is 11.4. The molecule has 1 atom stereocenters. The van der Waals surface area contributed by atoms with E-state index in [-0.39, 0.29) is 0 Å². The molecule has 0 bridgehead atoms. The van der Waals surface area contributed by atoms with Gasteiger partial charge in [0, 0.05) is 0 Å². The molecule has 0 radical (unpaired) electrons. The van der Waals surface area contributed by atoms with E-state index in [1.54, 1.807) is 0 Å². The molecule has 15 heavy (non-hydrogen) atoms. The molecule has 0 amide bonds. The molecule has 0 N–H and O–H groups in total. The van der Waals surface area contributed by atoms with Crippen LogP contribution in [0.15, 0.2) is 30.9 Å². The lowest BCUT2D eigenvalue weighted by atomic mass is 9.88. The van der Waals surface area contributed by atoms with E-state index in [0.717, 1.165) is 5.56 Å². The maximum absolute atomic E-state index is 8.87. The summed E-state index contributed by atoms with van der Waals surface area (Å²) in [7, 11) is 0. The molecule has 0 saturated heterocycles. The normalized spacial score (nSPS) is 12.2. The number of hydrogen-bond donors (Lipinski definition) is 0. The summed E-state index contributed by atoms with van der Waals surface area (Å²) in [6.45, 7) is 10.3. The maximum atomic E-state index is 8.87. The zero-order valence-corrected chi connectivity index (χ0v) is 9.62. The van der Waals surface area contributed by atoms with Crippen molar-refractivity contribution < 1.29 is 0 Å². The van der Waals surface area contributed by atoms with Crippen LogP contribution in [0.1, 0.15) is 49.3 Å². The third-order valence-electron chi connectivity index (χ3n) is 2.68. The molecular formula is C14H17N. The Bertz CT molecular complexity index is 396. The second kappa shape index (κ2) is 4.79. The highest BCUT2D eigenvalue weighted by atomic mass is 14.2. The Hall–Kier alpha value is -1.55. The van der Waals surface area contributed by atoms with Crippen molar-refractivity contribution >= 4 is 0 Å². The Balaban J connectivity index is 3.29. The fourth-order valence-corrected chi connectivity index (χ4v) is 1.69. The summed E-state index contributed by atoms with van der Waals surface area (Å²) in [5, 5.41) is 8.87. The molecule has 0 aliphatic carbocycles. The standard InChI is InChI=1S/C14H17N/c1-5-11(4)14-8-12(9-15)6-7-13(14)10(2)3/h5-8,10-11H,1H2,2-4H3. The predicted molar refractivity (Wildman–Crippen MR) is 63.9 cm³/mol. The lowest BCUT2D eigenvalue weighted by Gasteiger charge is -2.16. The van der Waals surface area contributed by atoms with E-state index in [0.29, 0.717) is 11.8 Å². The number of allylic oxidation sites excluding steroid dienone is 1. The monoisotopic (exact) mass is 199 g/mol. The highest BCUT2D eigenvalue weighted by molar-refractivity contribution is 5.42. The molecule has 1 heteroatoms. The topological polar surface area (TPSA) is 23.8 Å². The van der Waals surface area contributed by atoms with Crippen LogP contribution >= 0.6 is 0 Å². The summed E-state index contributed by atoms with van der Waals surface area (Å²) in [6.07, 6.45) is 1.92. The molecule has 1 nitrogen and oxygen atoms in total. The molecule has 1 unspecified atom stereocenters. The second-order valence-electron chi connectivity index (χ2n) is 4.13. The minimum absolute atomic E-state index is 0.302. The number of benzene rings is 1. The smallest absolute Gasteiger partial charge is 0.0991 e. The van der Waals surface area contributed by atoms with Gasteiger partial charge in [-0.2, -0.15) is 5.26 Å². The van der Waals surface area contributed by atoms with E-state index >= 15 is 0 Å². The average molecular weight is 199 g/mol. The minimum Gasteiger partial charge on any atom is -0.192 e. The number of rotatable bonds is 3. The third-order valence-corrected chi connectivity index (χ3v) is 2.68. The third kappa shape index (κ3) is 2.47. The molecule has 1 rings (SSSR count). The summed E-state index contributed by atoms with van der Waals surface area (Å²) in [4.78, 5) is 0. The van der Waals surface area contributed by atoms with E-state index in [1.807, 2.05) is 18.2 Å². The molecule has 1 aromatic carbocycles. The first-order valence-corrected chi connectivity index (χ1v) is 5.26. The highest BCUT2D eigenvalue weighted by Crippen LogP contribution is 2.27. The maximum Gasteiger partial charge on any atom is 0.0991 e. The summed E-state index contributed by atoms with van der Waals surface area (Å²) >= 11 is 0. The zero-order valence-electron chi connectivity index (χ0n) is 9.62. The summed E-state index contributed by atoms with van der Waals surface area (Å²) < 4.78 is 0. The molecule has 0 fully saturated rings. The van der Waals surface area contributed by atoms with Gasteiger partial charge < -0.3 is 0 Å². The molecule has 78 valence electrons. The van der Waals surface area contributed by atoms with Crippen LogP contribution in [-0.4, -0.2) is 0 Å². The molecule has 1 aromatic rings. The molecule has 0 saturated carbocycles. The summed E-state index contributed by atoms with van der Waals surface area (Å²) in [6, 6.07) is 8.09. The van der Waals surface area contributed by atoms with E-state index < -0.39 is 0 Å². The lowest BCUT2D eigenvalue weighted by Crippen LogP contribution is -1.99. The number of nitrogens with zero attached hydrogens (tertiary/aromatic N) is 1. The van der Waals surface area contributed by atoms with Gasteiger partial charge in [-0.1, -0.05) is 32.9 Å². The van der Waals surface area contributed by atoms with Crippen LogP contribution in [0.5, 0.6) is 0 Å². The fraction of sp³-hybridized carbons (Fsp3) is 0.357. The lowest BCUT2D eigenvalue weighted by molar-refractivity contribution is 0.822. The molecule has 0 aliphatic rings. The quantitative estimate of drug-likeness (QED) is 0.676. The highest BCUT2D eigenvalue weighted by Gasteiger charge is 2.11. The van der Waals surface area contributed by atoms with Gasteiger partial charge >= 0.3 is 0 Å². The average Bonchev–Trinajstić information content (AvgIpc) is 2.26. The fourth-order valence-electron chi connectivity index (χ4n) is 1.69. The molecular weight excluding hydrogens is 182 g/mol. The Morgan fingerprint density at radius 1 is 1.27 bits per heavy atom. The first-order chi connectivity index (χ1) is 7.10. The van der Waals surface area contributed by atoms with Crippen molar-refractivity contribution in [3.05, 3.63) is 47.5 Å². The van der Waals surface area contributed by atoms with Crippen LogP contribution < -0.4 is 0 Å². The largest absolute Gasteiger partial charge is 0.192 e. The Labute approximate surface area is 92.1 Å². The Morgan fingerprint density at radius 2 is 1.93 bits per heavy atom. The Morgan fingerprint density at radius 3 is 2.40 bits per heavy atom. The van der Waals surface area contributed by atoms with E-state index in [9.17, 15) is 0 Å². The first-order valence-electron chi connectivity index (χ1n) is 5.26. The van der Waals surface area contributed by atoms with Crippen LogP contribution in [0.2, 0.25) is 0 Å². The summed E-state index contributed by atoms with van der Waals surface area (Å²) in [5.41, 5.74) is 3.25. The van der Waals surface area contributed by atoms with Gasteiger partial charge in [0.25, 0.3) is 0 Å². The van der Waals surface area contributed by atoms with Crippen molar-refractivity contribution in [2.24, 2.45) is 0 Å². The summed E-state index contributed by atoms with van der Waals surface area (Å²) in [5.74, 6) is 0.783. The predicted octanol–water partition coefficient (Wildman–Crippen LogP) is 3.97. The van der Waals surface area contributed by atoms with Crippen LogP contribution in [0, 0.1) is 11.3 Å². The SMILES string of the molecule is C=CC(C)c1cc(C#N)ccc1C(C)C. The van der Waals surface area contributed by atoms with Crippen LogP contribution in [-0.2, 0) is 0 Å². The number of nitriles is 1. The van der Waals surface area contributed by atoms with E-state index in [1.165, 1.54) is 11.1 Å². The van der Waals surface area contributed by atoms with Gasteiger partial charge in [-0.05, 0) is 35.1 Å². The molecule has 0 heterocycles. The van der Waals surface area contributed by atoms with Gasteiger partial charge in [-0.3, -0.25) is 0 Å². The van der Waals surface area contributed by atoms with Crippen LogP contribution in [0.3, 0.4) is 0 Å². The van der Waals surface area contributed by atoms with Gasteiger partial charge in [-0.25, -0.2) is 0 Å². The van der Waals surface area contributed by atoms with E-state index in [2.05, 4.69) is 39.5 Å². The van der Waals surface area contributed by atoms with Crippen molar-refractivity contribution in [1.82, 2.24) is 0 Å². The van der Waals surface area contributed by atoms with Crippen molar-refractivity contribution in [2.75, 3.05) is 0 Å². The van der Waals surface area contributed by atoms with Crippen LogP contribution in [0.25, 0.3) is 0 Å². The minimum atomic E-state index is 0.302. The van der Waals surface area contributed by atoms with Crippen molar-refractivity contribution in [2.45, 2.75) is 32.6 Å².